The summed E-state index contributed by atoms with van der Waals surface area (Å²) in [7, 11) is 0. The molecule has 7 heteroatoms. The normalized spacial score (nSPS) is 12.7. The number of benzene rings is 2. The monoisotopic (exact) mass is 365 g/mol. The van der Waals surface area contributed by atoms with E-state index in [-0.39, 0.29) is 0 Å². The predicted molar refractivity (Wildman–Crippen MR) is 97.8 cm³/mol. The third-order valence-corrected chi connectivity index (χ3v) is 5.01. The van der Waals surface area contributed by atoms with Gasteiger partial charge >= 0.3 is 5.97 Å². The van der Waals surface area contributed by atoms with Gasteiger partial charge in [-0.25, -0.2) is 4.79 Å². The van der Waals surface area contributed by atoms with Gasteiger partial charge in [0.25, 0.3) is 5.91 Å². The molecule has 0 bridgehead atoms. The molecule has 1 N–H and O–H groups in total. The Labute approximate surface area is 153 Å². The molecule has 0 spiro atoms. The summed E-state index contributed by atoms with van der Waals surface area (Å²) < 4.78 is 2.46. The molecule has 0 aliphatic rings. The van der Waals surface area contributed by atoms with Crippen LogP contribution < -0.4 is 4.80 Å². The van der Waals surface area contributed by atoms with Crippen molar-refractivity contribution in [1.29, 1.82) is 5.26 Å². The summed E-state index contributed by atoms with van der Waals surface area (Å²) in [4.78, 5) is 28.7. The van der Waals surface area contributed by atoms with E-state index in [1.54, 1.807) is 23.6 Å². The van der Waals surface area contributed by atoms with Crippen molar-refractivity contribution in [3.05, 3.63) is 64.5 Å². The van der Waals surface area contributed by atoms with Crippen molar-refractivity contribution in [3.63, 3.8) is 0 Å². The van der Waals surface area contributed by atoms with E-state index >= 15 is 0 Å². The van der Waals surface area contributed by atoms with Gasteiger partial charge in [0, 0.05) is 5.56 Å². The average Bonchev–Trinajstić information content (AvgIpc) is 3.00. The highest BCUT2D eigenvalue weighted by Gasteiger charge is 2.21. The Kier molecular flexibility index (Phi) is 4.96. The maximum absolute atomic E-state index is 12.5. The number of aliphatic carboxylic acids is 1. The molecule has 1 atom stereocenters. The number of nitriles is 1. The minimum absolute atomic E-state index is 0.342. The van der Waals surface area contributed by atoms with Gasteiger partial charge in [-0.15, -0.1) is 0 Å². The topological polar surface area (TPSA) is 95.4 Å². The molecule has 1 heterocycles. The van der Waals surface area contributed by atoms with Crippen molar-refractivity contribution >= 4 is 33.4 Å². The van der Waals surface area contributed by atoms with Gasteiger partial charge in [-0.1, -0.05) is 30.4 Å². The lowest BCUT2D eigenvalue weighted by atomic mass is 10.1. The van der Waals surface area contributed by atoms with Crippen molar-refractivity contribution in [3.8, 4) is 6.07 Å². The summed E-state index contributed by atoms with van der Waals surface area (Å²) in [5.41, 5.74) is 1.53. The zero-order valence-electron chi connectivity index (χ0n) is 13.9. The number of thiazole rings is 1. The Morgan fingerprint density at radius 1 is 1.23 bits per heavy atom. The van der Waals surface area contributed by atoms with Gasteiger partial charge in [-0.2, -0.15) is 10.3 Å². The molecule has 0 radical (unpaired) electrons. The van der Waals surface area contributed by atoms with Gasteiger partial charge in [0.15, 0.2) is 4.80 Å². The van der Waals surface area contributed by atoms with Gasteiger partial charge in [-0.05, 0) is 42.8 Å². The van der Waals surface area contributed by atoms with Crippen LogP contribution in [0.25, 0.3) is 10.2 Å². The second kappa shape index (κ2) is 7.33. The van der Waals surface area contributed by atoms with Crippen molar-refractivity contribution in [2.24, 2.45) is 4.99 Å². The van der Waals surface area contributed by atoms with Crippen LogP contribution in [-0.4, -0.2) is 21.6 Å². The standard InChI is InChI=1S/C19H15N3O3S/c1-2-14(18(24)25)22-15-5-3-4-6-16(15)26-19(22)21-17(23)13-9-7-12(11-20)8-10-13/h3-10,14H,2H2,1H3,(H,24,25). The van der Waals surface area contributed by atoms with Gasteiger partial charge in [-0.3, -0.25) is 4.79 Å². The second-order valence-corrected chi connectivity index (χ2v) is 6.60. The van der Waals surface area contributed by atoms with Crippen molar-refractivity contribution in [2.45, 2.75) is 19.4 Å². The molecule has 130 valence electrons. The summed E-state index contributed by atoms with van der Waals surface area (Å²) in [6.45, 7) is 1.78. The zero-order chi connectivity index (χ0) is 18.7. The summed E-state index contributed by atoms with van der Waals surface area (Å²) in [5, 5.41) is 18.4. The van der Waals surface area contributed by atoms with Crippen LogP contribution >= 0.6 is 11.3 Å². The number of carboxylic acid groups (broad SMARTS) is 1. The van der Waals surface area contributed by atoms with Crippen molar-refractivity contribution in [1.82, 2.24) is 4.57 Å². The SMILES string of the molecule is CCC(C(=O)O)n1c(=NC(=O)c2ccc(C#N)cc2)sc2ccccc21. The van der Waals surface area contributed by atoms with Crippen LogP contribution in [0.3, 0.4) is 0 Å². The van der Waals surface area contributed by atoms with Gasteiger partial charge in [0.2, 0.25) is 0 Å². The van der Waals surface area contributed by atoms with Crippen molar-refractivity contribution in [2.75, 3.05) is 0 Å². The molecule has 6 nitrogen and oxygen atoms in total. The molecule has 0 saturated heterocycles. The van der Waals surface area contributed by atoms with Crippen LogP contribution in [0.15, 0.2) is 53.5 Å². The summed E-state index contributed by atoms with van der Waals surface area (Å²) in [6.07, 6.45) is 0.369. The van der Waals surface area contributed by atoms with E-state index in [9.17, 15) is 14.7 Å². The fourth-order valence-corrected chi connectivity index (χ4v) is 3.74. The first-order valence-corrected chi connectivity index (χ1v) is 8.79. The second-order valence-electron chi connectivity index (χ2n) is 5.59. The Balaban J connectivity index is 2.16. The number of hydrogen-bond donors (Lipinski definition) is 1. The molecule has 1 aromatic heterocycles. The number of para-hydroxylation sites is 1. The van der Waals surface area contributed by atoms with Crippen LogP contribution in [-0.2, 0) is 4.79 Å². The molecule has 26 heavy (non-hydrogen) atoms. The van der Waals surface area contributed by atoms with E-state index < -0.39 is 17.9 Å². The highest BCUT2D eigenvalue weighted by Crippen LogP contribution is 2.22. The molecule has 3 aromatic rings. The van der Waals surface area contributed by atoms with Gasteiger partial charge in [0.1, 0.15) is 6.04 Å². The first kappa shape index (κ1) is 17.6. The number of fused-ring (bicyclic) bond motifs is 1. The lowest BCUT2D eigenvalue weighted by Gasteiger charge is -2.13. The maximum atomic E-state index is 12.5. The number of amides is 1. The largest absolute Gasteiger partial charge is 0.480 e. The molecule has 0 aliphatic carbocycles. The molecule has 0 fully saturated rings. The van der Waals surface area contributed by atoms with Crippen LogP contribution in [0, 0.1) is 11.3 Å². The van der Waals surface area contributed by atoms with Crippen LogP contribution in [0.1, 0.15) is 35.3 Å². The molecular weight excluding hydrogens is 350 g/mol. The van der Waals surface area contributed by atoms with E-state index in [0.29, 0.717) is 22.3 Å². The number of rotatable bonds is 4. The molecule has 3 rings (SSSR count). The molecular formula is C19H15N3O3S. The van der Waals surface area contributed by atoms with Crippen LogP contribution in [0.2, 0.25) is 0 Å². The Morgan fingerprint density at radius 2 is 1.92 bits per heavy atom. The highest BCUT2D eigenvalue weighted by molar-refractivity contribution is 7.16. The first-order valence-electron chi connectivity index (χ1n) is 7.97. The Bertz CT molecular complexity index is 1090. The fraction of sp³-hybridized carbons (Fsp3) is 0.158. The molecule has 0 saturated carbocycles. The van der Waals surface area contributed by atoms with E-state index in [1.165, 1.54) is 23.5 Å². The zero-order valence-corrected chi connectivity index (χ0v) is 14.7. The molecule has 1 amide bonds. The lowest BCUT2D eigenvalue weighted by molar-refractivity contribution is -0.140. The third kappa shape index (κ3) is 3.27. The average molecular weight is 365 g/mol. The molecule has 2 aromatic carbocycles. The summed E-state index contributed by atoms with van der Waals surface area (Å²) in [5.74, 6) is -1.45. The maximum Gasteiger partial charge on any atom is 0.326 e. The van der Waals surface area contributed by atoms with Gasteiger partial charge < -0.3 is 9.67 Å². The quantitative estimate of drug-likeness (QED) is 0.767. The number of carboxylic acids is 1. The smallest absolute Gasteiger partial charge is 0.326 e. The number of carbonyl (C=O) groups is 2. The van der Waals surface area contributed by atoms with Gasteiger partial charge in [0.05, 0.1) is 21.8 Å². The number of nitrogens with zero attached hydrogens (tertiary/aromatic N) is 3. The number of hydrogen-bond acceptors (Lipinski definition) is 4. The minimum Gasteiger partial charge on any atom is -0.480 e. The Morgan fingerprint density at radius 3 is 2.54 bits per heavy atom. The third-order valence-electron chi connectivity index (χ3n) is 3.97. The van der Waals surface area contributed by atoms with Crippen LogP contribution in [0.4, 0.5) is 0 Å². The van der Waals surface area contributed by atoms with E-state index in [4.69, 9.17) is 5.26 Å². The molecule has 1 unspecified atom stereocenters. The number of aromatic nitrogens is 1. The highest BCUT2D eigenvalue weighted by atomic mass is 32.1. The minimum atomic E-state index is -0.969. The number of carbonyl (C=O) groups excluding carboxylic acids is 1. The predicted octanol–water partition coefficient (Wildman–Crippen LogP) is 3.35. The molecule has 0 aliphatic heterocycles. The Hall–Kier alpha value is -3.24. The van der Waals surface area contributed by atoms with E-state index in [0.717, 1.165) is 10.2 Å². The van der Waals surface area contributed by atoms with Crippen LogP contribution in [0.5, 0.6) is 0 Å². The first-order chi connectivity index (χ1) is 12.5. The fourth-order valence-electron chi connectivity index (χ4n) is 2.68. The summed E-state index contributed by atoms with van der Waals surface area (Å²) in [6, 6.07) is 14.7. The summed E-state index contributed by atoms with van der Waals surface area (Å²) >= 11 is 1.28. The van der Waals surface area contributed by atoms with E-state index in [1.807, 2.05) is 30.3 Å². The van der Waals surface area contributed by atoms with Crippen molar-refractivity contribution < 1.29 is 14.7 Å². The lowest BCUT2D eigenvalue weighted by Crippen LogP contribution is -2.27. The van der Waals surface area contributed by atoms with E-state index in [2.05, 4.69) is 4.99 Å².